The molecule has 0 aliphatic carbocycles. The molecule has 1 aliphatic rings. The molecule has 1 saturated heterocycles. The second-order valence-electron chi connectivity index (χ2n) is 2.37. The molecule has 9 nitrogen and oxygen atoms in total. The molecule has 12 heteroatoms. The van der Waals surface area contributed by atoms with E-state index in [4.69, 9.17) is 14.7 Å². The van der Waals surface area contributed by atoms with Crippen LogP contribution in [-0.2, 0) is 26.8 Å². The molecule has 0 radical (unpaired) electrons. The Balaban J connectivity index is 2.65. The Kier molecular flexibility index (Phi) is 3.12. The van der Waals surface area contributed by atoms with Gasteiger partial charge in [0.25, 0.3) is 0 Å². The highest BCUT2D eigenvalue weighted by atomic mass is 31.3. The molecule has 84 valence electrons. The Morgan fingerprint density at radius 2 is 1.79 bits per heavy atom. The maximum atomic E-state index is 11.0. The maximum absolute atomic E-state index is 11.0. The van der Waals surface area contributed by atoms with Crippen LogP contribution in [0.5, 0.6) is 0 Å². The lowest BCUT2D eigenvalue weighted by atomic mass is 10.9. The van der Waals surface area contributed by atoms with Crippen molar-refractivity contribution in [2.75, 3.05) is 0 Å². The summed E-state index contributed by atoms with van der Waals surface area (Å²) < 4.78 is 43.7. The van der Waals surface area contributed by atoms with Gasteiger partial charge < -0.3 is 14.7 Å². The first-order valence-corrected chi connectivity index (χ1v) is 7.77. The van der Waals surface area contributed by atoms with Gasteiger partial charge in [-0.15, -0.1) is 0 Å². The summed E-state index contributed by atoms with van der Waals surface area (Å²) in [5.41, 5.74) is 0. The molecule has 0 amide bonds. The van der Waals surface area contributed by atoms with E-state index in [9.17, 15) is 13.7 Å². The van der Waals surface area contributed by atoms with Crippen LogP contribution in [0.15, 0.2) is 0 Å². The molecule has 1 heterocycles. The van der Waals surface area contributed by atoms with Crippen LogP contribution in [0.3, 0.4) is 0 Å². The van der Waals surface area contributed by atoms with Crippen LogP contribution in [0.1, 0.15) is 6.92 Å². The lowest BCUT2D eigenvalue weighted by Crippen LogP contribution is -1.89. The molecule has 0 aromatic carbocycles. The Bertz CT molecular complexity index is 366. The van der Waals surface area contributed by atoms with Gasteiger partial charge in [-0.25, -0.2) is 13.4 Å². The standard InChI is InChI=1S/C2H7O9P3/c1-2-9-12(2,3)10-14(7,8)11-13(4,5)6/h2H,1H3,(H,7,8)(H2,4,5,6)/t2-,12?/m0/s1. The third-order valence-electron chi connectivity index (χ3n) is 1.13. The van der Waals surface area contributed by atoms with Crippen LogP contribution in [0, 0.1) is 0 Å². The van der Waals surface area contributed by atoms with Gasteiger partial charge in [0, 0.05) is 0 Å². The fourth-order valence-electron chi connectivity index (χ4n) is 0.564. The highest BCUT2D eigenvalue weighted by Gasteiger charge is 2.57. The minimum absolute atomic E-state index is 0.872. The van der Waals surface area contributed by atoms with Gasteiger partial charge in [0.05, 0.1) is 0 Å². The Labute approximate surface area is 78.4 Å². The SMILES string of the molecule is C[C@H]1OP1(=O)OP(=O)(O)OP(=O)(O)O. The van der Waals surface area contributed by atoms with Crippen molar-refractivity contribution >= 4 is 23.2 Å². The predicted molar refractivity (Wildman–Crippen MR) is 42.2 cm³/mol. The zero-order valence-electron chi connectivity index (χ0n) is 6.71. The highest BCUT2D eigenvalue weighted by Crippen LogP contribution is 2.78. The van der Waals surface area contributed by atoms with Gasteiger partial charge in [-0.3, -0.25) is 9.09 Å². The maximum Gasteiger partial charge on any atom is 0.488 e. The monoisotopic (exact) mass is 268 g/mol. The topological polar surface area (TPSA) is 143 Å². The van der Waals surface area contributed by atoms with Gasteiger partial charge in [-0.1, -0.05) is 0 Å². The van der Waals surface area contributed by atoms with Crippen LogP contribution in [0.4, 0.5) is 0 Å². The summed E-state index contributed by atoms with van der Waals surface area (Å²) in [7, 11) is -13.9. The van der Waals surface area contributed by atoms with Crippen molar-refractivity contribution in [3.8, 4) is 0 Å². The summed E-state index contributed by atoms with van der Waals surface area (Å²) in [6.07, 6.45) is 0. The Hall–Kier alpha value is 0.450. The summed E-state index contributed by atoms with van der Waals surface area (Å²) >= 11 is 0. The molecule has 0 spiro atoms. The minimum atomic E-state index is -5.18. The third kappa shape index (κ3) is 3.55. The number of hydrogen-bond acceptors (Lipinski definition) is 6. The van der Waals surface area contributed by atoms with Gasteiger partial charge in [0.1, 0.15) is 0 Å². The van der Waals surface area contributed by atoms with E-state index in [2.05, 4.69) is 13.1 Å². The lowest BCUT2D eigenvalue weighted by molar-refractivity contribution is 0.229. The summed E-state index contributed by atoms with van der Waals surface area (Å²) in [4.78, 5) is 25.1. The third-order valence-corrected chi connectivity index (χ3v) is 5.94. The van der Waals surface area contributed by atoms with Gasteiger partial charge in [0.2, 0.25) is 0 Å². The summed E-state index contributed by atoms with van der Waals surface area (Å²) in [5.74, 6) is -0.872. The first-order chi connectivity index (χ1) is 6.04. The Morgan fingerprint density at radius 1 is 1.36 bits per heavy atom. The van der Waals surface area contributed by atoms with Crippen molar-refractivity contribution in [3.05, 3.63) is 0 Å². The first-order valence-electron chi connectivity index (χ1n) is 3.13. The molecule has 0 bridgehead atoms. The first kappa shape index (κ1) is 12.5. The van der Waals surface area contributed by atoms with Crippen molar-refractivity contribution in [3.63, 3.8) is 0 Å². The Morgan fingerprint density at radius 3 is 2.07 bits per heavy atom. The molecule has 0 aromatic rings. The average Bonchev–Trinajstić information content (AvgIpc) is 2.28. The average molecular weight is 268 g/mol. The summed E-state index contributed by atoms with van der Waals surface area (Å²) in [5, 5.41) is 0. The van der Waals surface area contributed by atoms with Crippen molar-refractivity contribution < 1.29 is 41.5 Å². The van der Waals surface area contributed by atoms with Gasteiger partial charge in [0.15, 0.2) is 5.85 Å². The highest BCUT2D eigenvalue weighted by molar-refractivity contribution is 7.71. The van der Waals surface area contributed by atoms with E-state index in [0.717, 1.165) is 0 Å². The second-order valence-corrected chi connectivity index (χ2v) is 7.61. The smallest absolute Gasteiger partial charge is 0.302 e. The van der Waals surface area contributed by atoms with E-state index in [1.807, 2.05) is 0 Å². The molecular weight excluding hydrogens is 261 g/mol. The van der Waals surface area contributed by atoms with E-state index in [1.165, 1.54) is 6.92 Å². The fraction of sp³-hybridized carbons (Fsp3) is 1.00. The number of hydrogen-bond donors (Lipinski definition) is 3. The van der Waals surface area contributed by atoms with E-state index in [0.29, 0.717) is 0 Å². The minimum Gasteiger partial charge on any atom is -0.302 e. The van der Waals surface area contributed by atoms with E-state index in [1.54, 1.807) is 0 Å². The molecule has 1 aliphatic heterocycles. The fourth-order valence-corrected chi connectivity index (χ4v) is 4.46. The number of rotatable bonds is 4. The number of phosphoric acid groups is 2. The van der Waals surface area contributed by atoms with Crippen LogP contribution in [0.25, 0.3) is 0 Å². The van der Waals surface area contributed by atoms with Crippen LogP contribution in [-0.4, -0.2) is 20.5 Å². The largest absolute Gasteiger partial charge is 0.488 e. The van der Waals surface area contributed by atoms with E-state index < -0.39 is 29.1 Å². The van der Waals surface area contributed by atoms with E-state index in [-0.39, 0.29) is 0 Å². The van der Waals surface area contributed by atoms with Crippen LogP contribution < -0.4 is 0 Å². The lowest BCUT2D eigenvalue weighted by Gasteiger charge is -2.09. The van der Waals surface area contributed by atoms with E-state index >= 15 is 0 Å². The zero-order chi connectivity index (χ0) is 11.2. The van der Waals surface area contributed by atoms with Crippen molar-refractivity contribution in [2.45, 2.75) is 12.8 Å². The summed E-state index contributed by atoms with van der Waals surface area (Å²) in [6.45, 7) is 1.30. The van der Waals surface area contributed by atoms with Crippen molar-refractivity contribution in [2.24, 2.45) is 0 Å². The molecular formula is C2H7O9P3. The summed E-state index contributed by atoms with van der Waals surface area (Å²) in [6, 6.07) is 0. The predicted octanol–water partition coefficient (Wildman–Crippen LogP) is 0.782. The zero-order valence-corrected chi connectivity index (χ0v) is 9.39. The van der Waals surface area contributed by atoms with Crippen molar-refractivity contribution in [1.82, 2.24) is 0 Å². The van der Waals surface area contributed by atoms with Gasteiger partial charge >= 0.3 is 23.2 Å². The van der Waals surface area contributed by atoms with Crippen LogP contribution in [0.2, 0.25) is 0 Å². The normalized spacial score (nSPS) is 36.4. The molecule has 14 heavy (non-hydrogen) atoms. The van der Waals surface area contributed by atoms with Crippen LogP contribution >= 0.6 is 23.2 Å². The molecule has 0 saturated carbocycles. The molecule has 2 unspecified atom stereocenters. The molecule has 1 rings (SSSR count). The molecule has 3 atom stereocenters. The van der Waals surface area contributed by atoms with Gasteiger partial charge in [-0.05, 0) is 6.92 Å². The molecule has 3 N–H and O–H groups in total. The molecule has 1 fully saturated rings. The van der Waals surface area contributed by atoms with Crippen molar-refractivity contribution in [1.29, 1.82) is 0 Å². The van der Waals surface area contributed by atoms with Gasteiger partial charge in [-0.2, -0.15) is 4.31 Å². The molecule has 0 aromatic heterocycles. The quantitative estimate of drug-likeness (QED) is 0.497. The second kappa shape index (κ2) is 3.49.